The summed E-state index contributed by atoms with van der Waals surface area (Å²) in [6.45, 7) is 3.73. The molecule has 1 unspecified atom stereocenters. The number of halogens is 1. The predicted molar refractivity (Wildman–Crippen MR) is 100 cm³/mol. The van der Waals surface area contributed by atoms with Crippen molar-refractivity contribution >= 4 is 11.8 Å². The average Bonchev–Trinajstić information content (AvgIpc) is 3.29. The Bertz CT molecular complexity index is 1050. The van der Waals surface area contributed by atoms with E-state index in [9.17, 15) is 4.39 Å². The number of aromatic nitrogens is 5. The van der Waals surface area contributed by atoms with Crippen LogP contribution in [0.3, 0.4) is 0 Å². The molecule has 1 atom stereocenters. The Morgan fingerprint density at radius 3 is 2.37 bits per heavy atom. The first-order valence-corrected chi connectivity index (χ1v) is 9.23. The monoisotopic (exact) mass is 381 g/mol. The fourth-order valence-corrected chi connectivity index (χ4v) is 3.52. The molecule has 2 heterocycles. The van der Waals surface area contributed by atoms with Gasteiger partial charge in [-0.15, -0.1) is 20.4 Å². The van der Waals surface area contributed by atoms with Gasteiger partial charge in [-0.05, 0) is 43.3 Å². The molecule has 0 spiro atoms. The van der Waals surface area contributed by atoms with E-state index in [0.717, 1.165) is 11.3 Å². The van der Waals surface area contributed by atoms with Crippen LogP contribution in [0.4, 0.5) is 4.39 Å². The van der Waals surface area contributed by atoms with Crippen LogP contribution in [-0.4, -0.2) is 25.0 Å². The molecule has 136 valence electrons. The maximum Gasteiger partial charge on any atom is 0.229 e. The topological polar surface area (TPSA) is 69.6 Å². The first-order valence-electron chi connectivity index (χ1n) is 8.35. The highest BCUT2D eigenvalue weighted by Gasteiger charge is 2.21. The molecule has 0 aliphatic heterocycles. The van der Waals surface area contributed by atoms with Crippen LogP contribution in [0.2, 0.25) is 0 Å². The predicted octanol–water partition coefficient (Wildman–Crippen LogP) is 4.62. The highest BCUT2D eigenvalue weighted by molar-refractivity contribution is 7.99. The van der Waals surface area contributed by atoms with Gasteiger partial charge in [0.1, 0.15) is 5.82 Å². The zero-order valence-corrected chi connectivity index (χ0v) is 15.5. The molecular weight excluding hydrogens is 365 g/mol. The van der Waals surface area contributed by atoms with Gasteiger partial charge in [-0.25, -0.2) is 4.39 Å². The average molecular weight is 381 g/mol. The summed E-state index contributed by atoms with van der Waals surface area (Å²) in [5.41, 5.74) is 1.69. The number of para-hydroxylation sites is 1. The summed E-state index contributed by atoms with van der Waals surface area (Å²) < 4.78 is 20.8. The van der Waals surface area contributed by atoms with Crippen molar-refractivity contribution in [1.29, 1.82) is 0 Å². The van der Waals surface area contributed by atoms with Gasteiger partial charge in [-0.2, -0.15) is 0 Å². The first-order chi connectivity index (χ1) is 13.1. The molecule has 0 fully saturated rings. The molecule has 0 saturated heterocycles. The molecule has 6 nitrogen and oxygen atoms in total. The molecule has 4 rings (SSSR count). The van der Waals surface area contributed by atoms with E-state index < -0.39 is 0 Å². The number of benzene rings is 2. The minimum absolute atomic E-state index is 0.0982. The molecule has 0 aliphatic rings. The Hall–Kier alpha value is -3.00. The van der Waals surface area contributed by atoms with E-state index in [-0.39, 0.29) is 11.1 Å². The molecule has 0 N–H and O–H groups in total. The lowest BCUT2D eigenvalue weighted by molar-refractivity contribution is 0.470. The van der Waals surface area contributed by atoms with Crippen molar-refractivity contribution in [1.82, 2.24) is 25.0 Å². The van der Waals surface area contributed by atoms with Crippen LogP contribution in [0, 0.1) is 12.7 Å². The van der Waals surface area contributed by atoms with E-state index in [0.29, 0.717) is 22.8 Å². The summed E-state index contributed by atoms with van der Waals surface area (Å²) >= 11 is 1.47. The van der Waals surface area contributed by atoms with Crippen LogP contribution in [0.5, 0.6) is 0 Å². The molecular formula is C19H16FN5OS. The van der Waals surface area contributed by atoms with Crippen LogP contribution in [0.1, 0.15) is 24.0 Å². The second-order valence-electron chi connectivity index (χ2n) is 5.90. The van der Waals surface area contributed by atoms with Gasteiger partial charge >= 0.3 is 0 Å². The number of hydrogen-bond donors (Lipinski definition) is 0. The standard InChI is InChI=1S/C19H16FN5OS/c1-12(18-23-21-13(2)26-18)27-19-24-22-17(14-8-10-15(20)11-9-14)25(19)16-6-4-3-5-7-16/h3-12H,1-2H3. The minimum atomic E-state index is -0.292. The lowest BCUT2D eigenvalue weighted by atomic mass is 10.2. The van der Waals surface area contributed by atoms with Crippen molar-refractivity contribution in [2.75, 3.05) is 0 Å². The molecule has 2 aromatic heterocycles. The molecule has 4 aromatic rings. The van der Waals surface area contributed by atoms with Gasteiger partial charge in [-0.1, -0.05) is 30.0 Å². The largest absolute Gasteiger partial charge is 0.424 e. The van der Waals surface area contributed by atoms with Crippen molar-refractivity contribution in [3.63, 3.8) is 0 Å². The third kappa shape index (κ3) is 3.61. The van der Waals surface area contributed by atoms with Crippen molar-refractivity contribution in [3.8, 4) is 17.1 Å². The zero-order valence-electron chi connectivity index (χ0n) is 14.7. The molecule has 0 saturated carbocycles. The van der Waals surface area contributed by atoms with Crippen LogP contribution in [-0.2, 0) is 0 Å². The van der Waals surface area contributed by atoms with E-state index in [1.807, 2.05) is 41.8 Å². The van der Waals surface area contributed by atoms with Crippen LogP contribution >= 0.6 is 11.8 Å². The Kier molecular flexibility index (Phi) is 4.72. The van der Waals surface area contributed by atoms with Crippen molar-refractivity contribution < 1.29 is 8.81 Å². The Balaban J connectivity index is 1.76. The summed E-state index contributed by atoms with van der Waals surface area (Å²) in [7, 11) is 0. The molecule has 0 amide bonds. The molecule has 8 heteroatoms. The fraction of sp³-hybridized carbons (Fsp3) is 0.158. The Labute approximate surface area is 159 Å². The Morgan fingerprint density at radius 1 is 0.963 bits per heavy atom. The summed E-state index contributed by atoms with van der Waals surface area (Å²) in [5, 5.41) is 17.3. The summed E-state index contributed by atoms with van der Waals surface area (Å²) in [6, 6.07) is 16.0. The number of aryl methyl sites for hydroxylation is 1. The van der Waals surface area contributed by atoms with E-state index in [1.165, 1.54) is 23.9 Å². The second-order valence-corrected chi connectivity index (χ2v) is 7.21. The third-order valence-corrected chi connectivity index (χ3v) is 4.95. The first kappa shape index (κ1) is 17.4. The van der Waals surface area contributed by atoms with E-state index in [4.69, 9.17) is 4.42 Å². The van der Waals surface area contributed by atoms with Gasteiger partial charge < -0.3 is 4.42 Å². The van der Waals surface area contributed by atoms with Crippen molar-refractivity contribution in [2.45, 2.75) is 24.3 Å². The van der Waals surface area contributed by atoms with Gasteiger partial charge in [0.25, 0.3) is 0 Å². The van der Waals surface area contributed by atoms with Crippen molar-refractivity contribution in [3.05, 3.63) is 72.2 Å². The second kappa shape index (κ2) is 7.32. The zero-order chi connectivity index (χ0) is 18.8. The molecule has 2 aromatic carbocycles. The minimum Gasteiger partial charge on any atom is -0.424 e. The summed E-state index contributed by atoms with van der Waals surface area (Å²) in [6.07, 6.45) is 0. The van der Waals surface area contributed by atoms with E-state index in [1.54, 1.807) is 19.1 Å². The number of nitrogens with zero attached hydrogens (tertiary/aromatic N) is 5. The number of hydrogen-bond acceptors (Lipinski definition) is 6. The Morgan fingerprint density at radius 2 is 1.70 bits per heavy atom. The van der Waals surface area contributed by atoms with Gasteiger partial charge in [-0.3, -0.25) is 4.57 Å². The lowest BCUT2D eigenvalue weighted by Gasteiger charge is -2.12. The van der Waals surface area contributed by atoms with Gasteiger partial charge in [0.05, 0.1) is 5.25 Å². The number of thioether (sulfide) groups is 1. The molecule has 0 bridgehead atoms. The number of rotatable bonds is 5. The van der Waals surface area contributed by atoms with E-state index in [2.05, 4.69) is 20.4 Å². The normalized spacial score (nSPS) is 12.3. The summed E-state index contributed by atoms with van der Waals surface area (Å²) in [5.74, 6) is 1.40. The van der Waals surface area contributed by atoms with Gasteiger partial charge in [0.15, 0.2) is 11.0 Å². The van der Waals surface area contributed by atoms with Crippen LogP contribution < -0.4 is 0 Å². The molecule has 27 heavy (non-hydrogen) atoms. The lowest BCUT2D eigenvalue weighted by Crippen LogP contribution is -2.01. The molecule has 0 aliphatic carbocycles. The highest BCUT2D eigenvalue weighted by atomic mass is 32.2. The van der Waals surface area contributed by atoms with Gasteiger partial charge in [0, 0.05) is 18.2 Å². The van der Waals surface area contributed by atoms with Crippen LogP contribution in [0.15, 0.2) is 64.2 Å². The van der Waals surface area contributed by atoms with E-state index >= 15 is 0 Å². The fourth-order valence-electron chi connectivity index (χ4n) is 2.63. The SMILES string of the molecule is Cc1nnc(C(C)Sc2nnc(-c3ccc(F)cc3)n2-c2ccccc2)o1. The third-order valence-electron chi connectivity index (χ3n) is 3.92. The summed E-state index contributed by atoms with van der Waals surface area (Å²) in [4.78, 5) is 0. The van der Waals surface area contributed by atoms with Crippen LogP contribution in [0.25, 0.3) is 17.1 Å². The van der Waals surface area contributed by atoms with Gasteiger partial charge in [0.2, 0.25) is 11.8 Å². The van der Waals surface area contributed by atoms with Crippen molar-refractivity contribution in [2.24, 2.45) is 0 Å². The maximum atomic E-state index is 13.3. The molecule has 0 radical (unpaired) electrons. The highest BCUT2D eigenvalue weighted by Crippen LogP contribution is 2.36. The maximum absolute atomic E-state index is 13.3. The quantitative estimate of drug-likeness (QED) is 0.470. The smallest absolute Gasteiger partial charge is 0.229 e.